The summed E-state index contributed by atoms with van der Waals surface area (Å²) >= 11 is 2.01. The van der Waals surface area contributed by atoms with Gasteiger partial charge >= 0.3 is 0 Å². The third-order valence-electron chi connectivity index (χ3n) is 4.23. The number of hydrogen-bond donors (Lipinski definition) is 1. The highest BCUT2D eigenvalue weighted by molar-refractivity contribution is 7.99. The quantitative estimate of drug-likeness (QED) is 0.848. The molecule has 1 aromatic carbocycles. The molecule has 3 nitrogen and oxygen atoms in total. The molecule has 0 saturated heterocycles. The Hall–Kier alpha value is -1.16. The van der Waals surface area contributed by atoms with Gasteiger partial charge in [0.2, 0.25) is 0 Å². The molecule has 0 radical (unpaired) electrons. The predicted molar refractivity (Wildman–Crippen MR) is 83.7 cm³/mol. The SMILES string of the molecule is CSC1CCC(n2c(C)nc3cc(N)ccc32)CC1. The summed E-state index contributed by atoms with van der Waals surface area (Å²) < 4.78 is 2.42. The van der Waals surface area contributed by atoms with Gasteiger partial charge in [0.1, 0.15) is 5.82 Å². The molecule has 0 bridgehead atoms. The lowest BCUT2D eigenvalue weighted by Gasteiger charge is -2.29. The Bertz CT molecular complexity index is 582. The average Bonchev–Trinajstić information content (AvgIpc) is 2.74. The zero-order valence-corrected chi connectivity index (χ0v) is 12.4. The maximum atomic E-state index is 5.85. The van der Waals surface area contributed by atoms with Gasteiger partial charge in [-0.1, -0.05) is 0 Å². The van der Waals surface area contributed by atoms with E-state index in [4.69, 9.17) is 5.73 Å². The van der Waals surface area contributed by atoms with E-state index in [1.807, 2.05) is 23.9 Å². The first-order chi connectivity index (χ1) is 9.19. The van der Waals surface area contributed by atoms with Gasteiger partial charge in [0.25, 0.3) is 0 Å². The number of aromatic nitrogens is 2. The molecule has 2 aromatic rings. The number of thioether (sulfide) groups is 1. The van der Waals surface area contributed by atoms with Crippen LogP contribution >= 0.6 is 11.8 Å². The minimum Gasteiger partial charge on any atom is -0.399 e. The number of nitrogen functional groups attached to an aromatic ring is 1. The lowest BCUT2D eigenvalue weighted by atomic mass is 9.94. The number of nitrogens with zero attached hydrogens (tertiary/aromatic N) is 2. The van der Waals surface area contributed by atoms with Gasteiger partial charge < -0.3 is 10.3 Å². The van der Waals surface area contributed by atoms with Crippen LogP contribution in [-0.2, 0) is 0 Å². The summed E-state index contributed by atoms with van der Waals surface area (Å²) in [5.74, 6) is 1.12. The number of fused-ring (bicyclic) bond motifs is 1. The van der Waals surface area contributed by atoms with Crippen molar-refractivity contribution in [3.8, 4) is 0 Å². The van der Waals surface area contributed by atoms with Gasteiger partial charge in [0, 0.05) is 17.0 Å². The Morgan fingerprint density at radius 1 is 1.26 bits per heavy atom. The number of nitrogens with two attached hydrogens (primary N) is 1. The van der Waals surface area contributed by atoms with Crippen LogP contribution in [0.25, 0.3) is 11.0 Å². The maximum Gasteiger partial charge on any atom is 0.106 e. The van der Waals surface area contributed by atoms with Crippen LogP contribution in [0.3, 0.4) is 0 Å². The van der Waals surface area contributed by atoms with E-state index < -0.39 is 0 Å². The molecule has 4 heteroatoms. The first-order valence-electron chi connectivity index (χ1n) is 6.96. The van der Waals surface area contributed by atoms with Crippen molar-refractivity contribution in [1.82, 2.24) is 9.55 Å². The Kier molecular flexibility index (Phi) is 3.44. The molecule has 1 saturated carbocycles. The Morgan fingerprint density at radius 2 is 2.00 bits per heavy atom. The molecule has 1 aliphatic carbocycles. The molecule has 0 amide bonds. The molecule has 0 unspecified atom stereocenters. The zero-order chi connectivity index (χ0) is 13.4. The van der Waals surface area contributed by atoms with Crippen LogP contribution in [0.15, 0.2) is 18.2 Å². The summed E-state index contributed by atoms with van der Waals surface area (Å²) in [4.78, 5) is 4.67. The molecule has 1 heterocycles. The van der Waals surface area contributed by atoms with Crippen LogP contribution < -0.4 is 5.73 Å². The van der Waals surface area contributed by atoms with Gasteiger partial charge in [-0.3, -0.25) is 0 Å². The molecule has 1 aliphatic rings. The van der Waals surface area contributed by atoms with Crippen molar-refractivity contribution in [2.24, 2.45) is 0 Å². The molecule has 1 fully saturated rings. The van der Waals surface area contributed by atoms with E-state index in [1.54, 1.807) is 0 Å². The monoisotopic (exact) mass is 275 g/mol. The molecular formula is C15H21N3S. The van der Waals surface area contributed by atoms with Crippen molar-refractivity contribution < 1.29 is 0 Å². The second-order valence-electron chi connectivity index (χ2n) is 5.44. The molecule has 2 N–H and O–H groups in total. The van der Waals surface area contributed by atoms with E-state index >= 15 is 0 Å². The minimum absolute atomic E-state index is 0.608. The Labute approximate surface area is 118 Å². The molecule has 0 atom stereocenters. The van der Waals surface area contributed by atoms with Crippen molar-refractivity contribution in [1.29, 1.82) is 0 Å². The maximum absolute atomic E-state index is 5.85. The fraction of sp³-hybridized carbons (Fsp3) is 0.533. The predicted octanol–water partition coefficient (Wildman–Crippen LogP) is 3.77. The van der Waals surface area contributed by atoms with Gasteiger partial charge in [-0.05, 0) is 57.1 Å². The summed E-state index contributed by atoms with van der Waals surface area (Å²) in [5, 5.41) is 0.849. The normalized spacial score (nSPS) is 23.9. The summed E-state index contributed by atoms with van der Waals surface area (Å²) in [6, 6.07) is 6.68. The van der Waals surface area contributed by atoms with Crippen molar-refractivity contribution in [3.63, 3.8) is 0 Å². The van der Waals surface area contributed by atoms with E-state index in [-0.39, 0.29) is 0 Å². The van der Waals surface area contributed by atoms with Crippen LogP contribution in [0, 0.1) is 6.92 Å². The van der Waals surface area contributed by atoms with Gasteiger partial charge in [-0.15, -0.1) is 0 Å². The second-order valence-corrected chi connectivity index (χ2v) is 6.58. The van der Waals surface area contributed by atoms with Crippen LogP contribution in [-0.4, -0.2) is 21.1 Å². The minimum atomic E-state index is 0.608. The van der Waals surface area contributed by atoms with Crippen molar-refractivity contribution >= 4 is 28.5 Å². The second kappa shape index (κ2) is 5.08. The number of benzene rings is 1. The molecule has 1 aromatic heterocycles. The fourth-order valence-corrected chi connectivity index (χ4v) is 3.98. The Balaban J connectivity index is 1.94. The number of hydrogen-bond acceptors (Lipinski definition) is 3. The molecule has 102 valence electrons. The van der Waals surface area contributed by atoms with Gasteiger partial charge in [0.05, 0.1) is 11.0 Å². The number of aryl methyl sites for hydroxylation is 1. The summed E-state index contributed by atoms with van der Waals surface area (Å²) in [5.41, 5.74) is 8.91. The molecule has 0 aliphatic heterocycles. The highest BCUT2D eigenvalue weighted by Crippen LogP contribution is 2.36. The molecular weight excluding hydrogens is 254 g/mol. The van der Waals surface area contributed by atoms with Crippen molar-refractivity contribution in [2.45, 2.75) is 43.9 Å². The van der Waals surface area contributed by atoms with Crippen LogP contribution in [0.5, 0.6) is 0 Å². The molecule has 0 spiro atoms. The number of imidazole rings is 1. The van der Waals surface area contributed by atoms with Crippen LogP contribution in [0.4, 0.5) is 5.69 Å². The van der Waals surface area contributed by atoms with Crippen molar-refractivity contribution in [2.75, 3.05) is 12.0 Å². The van der Waals surface area contributed by atoms with Crippen LogP contribution in [0.2, 0.25) is 0 Å². The van der Waals surface area contributed by atoms with E-state index in [9.17, 15) is 0 Å². The van der Waals surface area contributed by atoms with Crippen LogP contribution in [0.1, 0.15) is 37.5 Å². The van der Waals surface area contributed by atoms with Gasteiger partial charge in [0.15, 0.2) is 0 Å². The molecule has 19 heavy (non-hydrogen) atoms. The third-order valence-corrected chi connectivity index (χ3v) is 5.37. The summed E-state index contributed by atoms with van der Waals surface area (Å²) in [6.07, 6.45) is 7.40. The summed E-state index contributed by atoms with van der Waals surface area (Å²) in [6.45, 7) is 2.11. The largest absolute Gasteiger partial charge is 0.399 e. The standard InChI is InChI=1S/C15H21N3S/c1-10-17-14-9-11(16)3-8-15(14)18(10)12-4-6-13(19-2)7-5-12/h3,8-9,12-13H,4-7,16H2,1-2H3. The third kappa shape index (κ3) is 2.34. The fourth-order valence-electron chi connectivity index (χ4n) is 3.24. The van der Waals surface area contributed by atoms with Gasteiger partial charge in [-0.25, -0.2) is 4.98 Å². The zero-order valence-electron chi connectivity index (χ0n) is 11.6. The van der Waals surface area contributed by atoms with E-state index in [0.29, 0.717) is 6.04 Å². The lowest BCUT2D eigenvalue weighted by Crippen LogP contribution is -2.20. The highest BCUT2D eigenvalue weighted by Gasteiger charge is 2.24. The smallest absolute Gasteiger partial charge is 0.106 e. The average molecular weight is 275 g/mol. The van der Waals surface area contributed by atoms with E-state index in [2.05, 4.69) is 28.8 Å². The van der Waals surface area contributed by atoms with Crippen molar-refractivity contribution in [3.05, 3.63) is 24.0 Å². The highest BCUT2D eigenvalue weighted by atomic mass is 32.2. The first kappa shape index (κ1) is 12.9. The number of rotatable bonds is 2. The van der Waals surface area contributed by atoms with E-state index in [0.717, 1.165) is 22.3 Å². The topological polar surface area (TPSA) is 43.8 Å². The molecule has 3 rings (SSSR count). The first-order valence-corrected chi connectivity index (χ1v) is 8.24. The number of anilines is 1. The summed E-state index contributed by atoms with van der Waals surface area (Å²) in [7, 11) is 0. The Morgan fingerprint density at radius 3 is 2.68 bits per heavy atom. The van der Waals surface area contributed by atoms with Gasteiger partial charge in [-0.2, -0.15) is 11.8 Å². The van der Waals surface area contributed by atoms with E-state index in [1.165, 1.54) is 31.2 Å². The lowest BCUT2D eigenvalue weighted by molar-refractivity contribution is 0.361.